The average molecular weight is 238 g/mol. The predicted octanol–water partition coefficient (Wildman–Crippen LogP) is 2.58. The van der Waals surface area contributed by atoms with Gasteiger partial charge in [0.05, 0.1) is 13.0 Å². The number of ether oxygens (including phenoxy) is 1. The van der Waals surface area contributed by atoms with Gasteiger partial charge in [-0.05, 0) is 37.0 Å². The molecule has 0 N–H and O–H groups in total. The first-order valence-corrected chi connectivity index (χ1v) is 6.76. The number of hydrogen-bond donors (Lipinski definition) is 0. The van der Waals surface area contributed by atoms with E-state index in [9.17, 15) is 9.59 Å². The SMILES string of the molecule is CCCC(C(=O)OC)C1CCC2CC(=O)CC21. The highest BCUT2D eigenvalue weighted by atomic mass is 16.5. The van der Waals surface area contributed by atoms with E-state index in [0.29, 0.717) is 30.0 Å². The van der Waals surface area contributed by atoms with Crippen LogP contribution in [0.3, 0.4) is 0 Å². The Morgan fingerprint density at radius 1 is 1.41 bits per heavy atom. The largest absolute Gasteiger partial charge is 0.469 e. The number of esters is 1. The van der Waals surface area contributed by atoms with Gasteiger partial charge < -0.3 is 4.74 Å². The van der Waals surface area contributed by atoms with Crippen LogP contribution in [0.5, 0.6) is 0 Å². The lowest BCUT2D eigenvalue weighted by Crippen LogP contribution is -2.28. The first-order chi connectivity index (χ1) is 8.17. The molecular formula is C14H22O3. The molecule has 0 aliphatic heterocycles. The number of methoxy groups -OCH3 is 1. The summed E-state index contributed by atoms with van der Waals surface area (Å²) in [6, 6.07) is 0. The van der Waals surface area contributed by atoms with Gasteiger partial charge in [0.1, 0.15) is 5.78 Å². The smallest absolute Gasteiger partial charge is 0.308 e. The zero-order valence-corrected chi connectivity index (χ0v) is 10.8. The van der Waals surface area contributed by atoms with Crippen LogP contribution in [0, 0.1) is 23.7 Å². The van der Waals surface area contributed by atoms with Gasteiger partial charge >= 0.3 is 5.97 Å². The Labute approximate surface area is 103 Å². The molecule has 0 radical (unpaired) electrons. The van der Waals surface area contributed by atoms with E-state index in [1.54, 1.807) is 0 Å². The second-order valence-electron chi connectivity index (χ2n) is 5.53. The molecule has 0 aromatic heterocycles. The summed E-state index contributed by atoms with van der Waals surface area (Å²) in [5, 5.41) is 0. The summed E-state index contributed by atoms with van der Waals surface area (Å²) in [6.45, 7) is 2.10. The number of Topliss-reactive ketones (excluding diaryl/α,β-unsaturated/α-hetero) is 1. The van der Waals surface area contributed by atoms with Gasteiger partial charge in [-0.2, -0.15) is 0 Å². The van der Waals surface area contributed by atoms with E-state index in [-0.39, 0.29) is 11.9 Å². The van der Waals surface area contributed by atoms with Crippen LogP contribution >= 0.6 is 0 Å². The quantitative estimate of drug-likeness (QED) is 0.707. The van der Waals surface area contributed by atoms with Crippen LogP contribution in [0.4, 0.5) is 0 Å². The van der Waals surface area contributed by atoms with Crippen molar-refractivity contribution in [1.29, 1.82) is 0 Å². The van der Waals surface area contributed by atoms with Gasteiger partial charge in [0, 0.05) is 12.8 Å². The van der Waals surface area contributed by atoms with Crippen LogP contribution in [0.2, 0.25) is 0 Å². The molecule has 3 heteroatoms. The lowest BCUT2D eigenvalue weighted by Gasteiger charge is -2.25. The van der Waals surface area contributed by atoms with Gasteiger partial charge in [0.25, 0.3) is 0 Å². The first kappa shape index (κ1) is 12.6. The molecule has 4 atom stereocenters. The van der Waals surface area contributed by atoms with E-state index in [0.717, 1.165) is 32.1 Å². The van der Waals surface area contributed by atoms with Crippen molar-refractivity contribution in [1.82, 2.24) is 0 Å². The molecule has 0 aromatic carbocycles. The summed E-state index contributed by atoms with van der Waals surface area (Å²) in [5.74, 6) is 1.74. The number of carbonyl (C=O) groups is 2. The first-order valence-electron chi connectivity index (χ1n) is 6.76. The molecule has 2 rings (SSSR count). The van der Waals surface area contributed by atoms with E-state index in [4.69, 9.17) is 4.74 Å². The van der Waals surface area contributed by atoms with Gasteiger partial charge in [-0.15, -0.1) is 0 Å². The van der Waals surface area contributed by atoms with Crippen molar-refractivity contribution in [2.24, 2.45) is 23.7 Å². The van der Waals surface area contributed by atoms with E-state index in [2.05, 4.69) is 6.92 Å². The molecule has 0 heterocycles. The Balaban J connectivity index is 2.08. The minimum atomic E-state index is -0.0724. The van der Waals surface area contributed by atoms with E-state index in [1.165, 1.54) is 7.11 Å². The minimum Gasteiger partial charge on any atom is -0.469 e. The third-order valence-electron chi connectivity index (χ3n) is 4.60. The molecule has 2 saturated carbocycles. The molecule has 17 heavy (non-hydrogen) atoms. The molecule has 2 aliphatic rings. The number of fused-ring (bicyclic) bond motifs is 1. The normalized spacial score (nSPS) is 33.5. The summed E-state index contributed by atoms with van der Waals surface area (Å²) in [7, 11) is 1.47. The zero-order chi connectivity index (χ0) is 12.4. The number of ketones is 1. The number of rotatable bonds is 4. The molecular weight excluding hydrogens is 216 g/mol. The fourth-order valence-electron chi connectivity index (χ4n) is 3.86. The third-order valence-corrected chi connectivity index (χ3v) is 4.60. The lowest BCUT2D eigenvalue weighted by atomic mass is 9.80. The van der Waals surface area contributed by atoms with Crippen LogP contribution in [0.1, 0.15) is 45.4 Å². The van der Waals surface area contributed by atoms with Crippen LogP contribution in [-0.2, 0) is 14.3 Å². The number of hydrogen-bond acceptors (Lipinski definition) is 3. The molecule has 3 nitrogen and oxygen atoms in total. The van der Waals surface area contributed by atoms with E-state index in [1.807, 2.05) is 0 Å². The second kappa shape index (κ2) is 5.19. The maximum absolute atomic E-state index is 11.9. The highest BCUT2D eigenvalue weighted by molar-refractivity contribution is 5.81. The Kier molecular flexibility index (Phi) is 3.85. The standard InChI is InChI=1S/C14H22O3/c1-3-4-12(14(16)17-2)11-6-5-9-7-10(15)8-13(9)11/h9,11-13H,3-8H2,1-2H3. The monoisotopic (exact) mass is 238 g/mol. The summed E-state index contributed by atoms with van der Waals surface area (Å²) in [6.07, 6.45) is 5.57. The molecule has 96 valence electrons. The Morgan fingerprint density at radius 2 is 2.18 bits per heavy atom. The van der Waals surface area contributed by atoms with Gasteiger partial charge in [0.15, 0.2) is 0 Å². The lowest BCUT2D eigenvalue weighted by molar-refractivity contribution is -0.148. The average Bonchev–Trinajstić information content (AvgIpc) is 2.84. The van der Waals surface area contributed by atoms with Crippen molar-refractivity contribution in [3.63, 3.8) is 0 Å². The van der Waals surface area contributed by atoms with Crippen molar-refractivity contribution in [3.8, 4) is 0 Å². The molecule has 0 aromatic rings. The Morgan fingerprint density at radius 3 is 2.82 bits per heavy atom. The van der Waals surface area contributed by atoms with Gasteiger partial charge in [-0.1, -0.05) is 13.3 Å². The van der Waals surface area contributed by atoms with E-state index >= 15 is 0 Å². The predicted molar refractivity (Wildman–Crippen MR) is 64.4 cm³/mol. The fourth-order valence-corrected chi connectivity index (χ4v) is 3.86. The summed E-state index contributed by atoms with van der Waals surface area (Å²) >= 11 is 0. The van der Waals surface area contributed by atoms with Crippen LogP contribution in [0.25, 0.3) is 0 Å². The van der Waals surface area contributed by atoms with Crippen molar-refractivity contribution >= 4 is 11.8 Å². The fraction of sp³-hybridized carbons (Fsp3) is 0.857. The summed E-state index contributed by atoms with van der Waals surface area (Å²) < 4.78 is 4.93. The Bertz CT molecular complexity index is 311. The zero-order valence-electron chi connectivity index (χ0n) is 10.8. The third kappa shape index (κ3) is 2.38. The van der Waals surface area contributed by atoms with Crippen molar-refractivity contribution in [2.75, 3.05) is 7.11 Å². The molecule has 0 spiro atoms. The summed E-state index contributed by atoms with van der Waals surface area (Å²) in [4.78, 5) is 23.4. The number of carbonyl (C=O) groups excluding carboxylic acids is 2. The van der Waals surface area contributed by atoms with Gasteiger partial charge in [0.2, 0.25) is 0 Å². The summed E-state index contributed by atoms with van der Waals surface area (Å²) in [5.41, 5.74) is 0. The van der Waals surface area contributed by atoms with Crippen molar-refractivity contribution < 1.29 is 14.3 Å². The van der Waals surface area contributed by atoms with Gasteiger partial charge in [-0.3, -0.25) is 9.59 Å². The van der Waals surface area contributed by atoms with Crippen LogP contribution in [0.15, 0.2) is 0 Å². The van der Waals surface area contributed by atoms with Crippen LogP contribution in [-0.4, -0.2) is 18.9 Å². The van der Waals surface area contributed by atoms with Crippen LogP contribution < -0.4 is 0 Å². The maximum Gasteiger partial charge on any atom is 0.308 e. The highest BCUT2D eigenvalue weighted by Gasteiger charge is 2.47. The maximum atomic E-state index is 11.9. The van der Waals surface area contributed by atoms with E-state index < -0.39 is 0 Å². The molecule has 0 bridgehead atoms. The molecule has 2 aliphatic carbocycles. The molecule has 0 amide bonds. The molecule has 4 unspecified atom stereocenters. The van der Waals surface area contributed by atoms with Crippen molar-refractivity contribution in [2.45, 2.75) is 45.4 Å². The minimum absolute atomic E-state index is 0.0194. The second-order valence-corrected chi connectivity index (χ2v) is 5.53. The van der Waals surface area contributed by atoms with Crippen molar-refractivity contribution in [3.05, 3.63) is 0 Å². The highest BCUT2D eigenvalue weighted by Crippen LogP contribution is 2.50. The Hall–Kier alpha value is -0.860. The van der Waals surface area contributed by atoms with Gasteiger partial charge in [-0.25, -0.2) is 0 Å². The molecule has 2 fully saturated rings. The molecule has 0 saturated heterocycles. The topological polar surface area (TPSA) is 43.4 Å².